The van der Waals surface area contributed by atoms with Crippen molar-refractivity contribution in [1.29, 1.82) is 0 Å². The first kappa shape index (κ1) is 13.0. The monoisotopic (exact) mass is 257 g/mol. The Hall–Kier alpha value is -2.49. The lowest BCUT2D eigenvalue weighted by molar-refractivity contribution is 0.102. The maximum absolute atomic E-state index is 12.0. The highest BCUT2D eigenvalue weighted by atomic mass is 16.3. The van der Waals surface area contributed by atoms with Gasteiger partial charge in [-0.3, -0.25) is 4.79 Å². The molecule has 0 aliphatic rings. The van der Waals surface area contributed by atoms with Gasteiger partial charge in [0.2, 0.25) is 0 Å². The van der Waals surface area contributed by atoms with Gasteiger partial charge in [-0.1, -0.05) is 12.1 Å². The molecule has 2 aromatic carbocycles. The number of hydrogen-bond acceptors (Lipinski definition) is 3. The lowest BCUT2D eigenvalue weighted by Crippen LogP contribution is -2.12. The maximum Gasteiger partial charge on any atom is 0.255 e. The Kier molecular flexibility index (Phi) is 3.42. The smallest absolute Gasteiger partial charge is 0.255 e. The SMILES string of the molecule is Cc1ccc(C)c(NC(=O)c2cc(O)cc(O)c2)c1. The number of nitrogens with one attached hydrogen (secondary N) is 1. The van der Waals surface area contributed by atoms with Gasteiger partial charge in [0.15, 0.2) is 0 Å². The fourth-order valence-electron chi connectivity index (χ4n) is 1.79. The third-order valence-electron chi connectivity index (χ3n) is 2.81. The molecule has 0 heterocycles. The Morgan fingerprint density at radius 3 is 2.26 bits per heavy atom. The topological polar surface area (TPSA) is 69.6 Å². The van der Waals surface area contributed by atoms with Crippen LogP contribution in [0.3, 0.4) is 0 Å². The molecule has 0 aliphatic carbocycles. The average molecular weight is 257 g/mol. The highest BCUT2D eigenvalue weighted by Crippen LogP contribution is 2.22. The van der Waals surface area contributed by atoms with E-state index in [0.717, 1.165) is 11.1 Å². The van der Waals surface area contributed by atoms with Crippen molar-refractivity contribution in [3.63, 3.8) is 0 Å². The summed E-state index contributed by atoms with van der Waals surface area (Å²) in [7, 11) is 0. The van der Waals surface area contributed by atoms with Crippen LogP contribution in [0.15, 0.2) is 36.4 Å². The van der Waals surface area contributed by atoms with Crippen LogP contribution in [0.4, 0.5) is 5.69 Å². The first-order valence-corrected chi connectivity index (χ1v) is 5.87. The van der Waals surface area contributed by atoms with E-state index in [-0.39, 0.29) is 23.0 Å². The summed E-state index contributed by atoms with van der Waals surface area (Å²) in [6.45, 7) is 3.84. The molecule has 0 fully saturated rings. The molecule has 4 nitrogen and oxygen atoms in total. The molecular formula is C15H15NO3. The molecule has 0 atom stereocenters. The van der Waals surface area contributed by atoms with Gasteiger partial charge in [-0.2, -0.15) is 0 Å². The summed E-state index contributed by atoms with van der Waals surface area (Å²) in [5.74, 6) is -0.669. The van der Waals surface area contributed by atoms with Crippen LogP contribution in [-0.4, -0.2) is 16.1 Å². The lowest BCUT2D eigenvalue weighted by Gasteiger charge is -2.10. The molecule has 0 aromatic heterocycles. The van der Waals surface area contributed by atoms with Crippen molar-refractivity contribution in [3.8, 4) is 11.5 Å². The molecule has 0 radical (unpaired) electrons. The number of carbonyl (C=O) groups excluding carboxylic acids is 1. The van der Waals surface area contributed by atoms with Crippen molar-refractivity contribution in [3.05, 3.63) is 53.1 Å². The number of phenolic OH excluding ortho intramolecular Hbond substituents is 2. The van der Waals surface area contributed by atoms with Crippen molar-refractivity contribution in [2.75, 3.05) is 5.32 Å². The lowest BCUT2D eigenvalue weighted by atomic mass is 10.1. The predicted molar refractivity (Wildman–Crippen MR) is 73.6 cm³/mol. The van der Waals surface area contributed by atoms with E-state index in [1.165, 1.54) is 18.2 Å². The standard InChI is InChI=1S/C15H15NO3/c1-9-3-4-10(2)14(5-9)16-15(19)11-6-12(17)8-13(18)7-11/h3-8,17-18H,1-2H3,(H,16,19). The van der Waals surface area contributed by atoms with E-state index in [9.17, 15) is 15.0 Å². The van der Waals surface area contributed by atoms with Crippen molar-refractivity contribution in [2.45, 2.75) is 13.8 Å². The van der Waals surface area contributed by atoms with Gasteiger partial charge in [-0.15, -0.1) is 0 Å². The molecule has 3 N–H and O–H groups in total. The van der Waals surface area contributed by atoms with Crippen LogP contribution in [0.2, 0.25) is 0 Å². The molecule has 0 spiro atoms. The Labute approximate surface area is 111 Å². The number of anilines is 1. The molecular weight excluding hydrogens is 242 g/mol. The highest BCUT2D eigenvalue weighted by molar-refractivity contribution is 6.05. The van der Waals surface area contributed by atoms with Gasteiger partial charge >= 0.3 is 0 Å². The van der Waals surface area contributed by atoms with Crippen molar-refractivity contribution < 1.29 is 15.0 Å². The third kappa shape index (κ3) is 3.04. The molecule has 0 aliphatic heterocycles. The van der Waals surface area contributed by atoms with Crippen LogP contribution in [0.5, 0.6) is 11.5 Å². The van der Waals surface area contributed by atoms with E-state index in [0.29, 0.717) is 5.69 Å². The van der Waals surface area contributed by atoms with Gasteiger partial charge in [-0.25, -0.2) is 0 Å². The summed E-state index contributed by atoms with van der Waals surface area (Å²) in [4.78, 5) is 12.0. The summed E-state index contributed by atoms with van der Waals surface area (Å²) >= 11 is 0. The molecule has 0 bridgehead atoms. The summed E-state index contributed by atoms with van der Waals surface area (Å²) in [5, 5.41) is 21.5. The van der Waals surface area contributed by atoms with Crippen molar-refractivity contribution >= 4 is 11.6 Å². The summed E-state index contributed by atoms with van der Waals surface area (Å²) in [5.41, 5.74) is 2.91. The molecule has 19 heavy (non-hydrogen) atoms. The minimum absolute atomic E-state index is 0.147. The van der Waals surface area contributed by atoms with Crippen molar-refractivity contribution in [1.82, 2.24) is 0 Å². The largest absolute Gasteiger partial charge is 0.508 e. The van der Waals surface area contributed by atoms with Crippen LogP contribution in [0.25, 0.3) is 0 Å². The van der Waals surface area contributed by atoms with Gasteiger partial charge in [0.1, 0.15) is 11.5 Å². The zero-order valence-electron chi connectivity index (χ0n) is 10.8. The minimum Gasteiger partial charge on any atom is -0.508 e. The minimum atomic E-state index is -0.375. The molecule has 0 saturated heterocycles. The van der Waals surface area contributed by atoms with E-state index < -0.39 is 0 Å². The van der Waals surface area contributed by atoms with Crippen LogP contribution >= 0.6 is 0 Å². The third-order valence-corrected chi connectivity index (χ3v) is 2.81. The van der Waals surface area contributed by atoms with Gasteiger partial charge in [-0.05, 0) is 43.2 Å². The number of benzene rings is 2. The molecule has 4 heteroatoms. The maximum atomic E-state index is 12.0. The van der Waals surface area contributed by atoms with Crippen molar-refractivity contribution in [2.24, 2.45) is 0 Å². The van der Waals surface area contributed by atoms with Gasteiger partial charge < -0.3 is 15.5 Å². The fourth-order valence-corrected chi connectivity index (χ4v) is 1.79. The predicted octanol–water partition coefficient (Wildman–Crippen LogP) is 2.97. The first-order chi connectivity index (χ1) is 8.95. The Bertz CT molecular complexity index is 615. The molecule has 2 aromatic rings. The first-order valence-electron chi connectivity index (χ1n) is 5.87. The van der Waals surface area contributed by atoms with Crippen LogP contribution in [0.1, 0.15) is 21.5 Å². The second-order valence-electron chi connectivity index (χ2n) is 4.51. The van der Waals surface area contributed by atoms with Gasteiger partial charge in [0, 0.05) is 17.3 Å². The Morgan fingerprint density at radius 1 is 1.00 bits per heavy atom. The van der Waals surface area contributed by atoms with Crippen LogP contribution in [-0.2, 0) is 0 Å². The van der Waals surface area contributed by atoms with E-state index in [1.807, 2.05) is 32.0 Å². The van der Waals surface area contributed by atoms with E-state index >= 15 is 0 Å². The second kappa shape index (κ2) is 5.02. The molecule has 98 valence electrons. The second-order valence-corrected chi connectivity index (χ2v) is 4.51. The number of aryl methyl sites for hydroxylation is 2. The van der Waals surface area contributed by atoms with E-state index in [2.05, 4.69) is 5.32 Å². The molecule has 1 amide bonds. The number of aromatic hydroxyl groups is 2. The van der Waals surface area contributed by atoms with Gasteiger partial charge in [0.05, 0.1) is 0 Å². The highest BCUT2D eigenvalue weighted by Gasteiger charge is 2.10. The van der Waals surface area contributed by atoms with Crippen LogP contribution in [0, 0.1) is 13.8 Å². The van der Waals surface area contributed by atoms with E-state index in [1.54, 1.807) is 0 Å². The number of rotatable bonds is 2. The zero-order valence-corrected chi connectivity index (χ0v) is 10.8. The Balaban J connectivity index is 2.28. The van der Waals surface area contributed by atoms with E-state index in [4.69, 9.17) is 0 Å². The summed E-state index contributed by atoms with van der Waals surface area (Å²) < 4.78 is 0. The number of phenols is 2. The summed E-state index contributed by atoms with van der Waals surface area (Å²) in [6.07, 6.45) is 0. The Morgan fingerprint density at radius 2 is 1.63 bits per heavy atom. The van der Waals surface area contributed by atoms with Gasteiger partial charge in [0.25, 0.3) is 5.91 Å². The van der Waals surface area contributed by atoms with Crippen LogP contribution < -0.4 is 5.32 Å². The number of amides is 1. The zero-order chi connectivity index (χ0) is 14.0. The molecule has 2 rings (SSSR count). The number of hydrogen-bond donors (Lipinski definition) is 3. The quantitative estimate of drug-likeness (QED) is 0.774. The normalized spacial score (nSPS) is 10.2. The number of carbonyl (C=O) groups is 1. The molecule has 0 saturated carbocycles. The summed E-state index contributed by atoms with van der Waals surface area (Å²) in [6, 6.07) is 9.54. The molecule has 0 unspecified atom stereocenters. The fraction of sp³-hybridized carbons (Fsp3) is 0.133. The average Bonchev–Trinajstić information content (AvgIpc) is 2.32.